The molecule has 2 aromatic carbocycles. The number of pyridine rings is 1. The number of aliphatic imine (C=N–C) groups is 2. The van der Waals surface area contributed by atoms with E-state index in [-0.39, 0.29) is 17.9 Å². The zero-order valence-corrected chi connectivity index (χ0v) is 21.4. The van der Waals surface area contributed by atoms with Gasteiger partial charge in [-0.15, -0.1) is 0 Å². The number of benzene rings is 2. The highest BCUT2D eigenvalue weighted by Gasteiger charge is 2.41. The number of rotatable bonds is 7. The number of ether oxygens (including phenoxy) is 1. The van der Waals surface area contributed by atoms with Gasteiger partial charge >= 0.3 is 0 Å². The first-order valence-corrected chi connectivity index (χ1v) is 12.8. The van der Waals surface area contributed by atoms with Gasteiger partial charge in [-0.1, -0.05) is 18.2 Å². The van der Waals surface area contributed by atoms with Crippen LogP contribution in [0.15, 0.2) is 82.9 Å². The number of likely N-dealkylation sites (tertiary alicyclic amines) is 1. The van der Waals surface area contributed by atoms with Crippen LogP contribution < -0.4 is 15.4 Å². The van der Waals surface area contributed by atoms with Crippen LogP contribution in [-0.4, -0.2) is 72.5 Å². The number of hydrogen-bond donors (Lipinski definition) is 3. The molecule has 0 aliphatic carbocycles. The van der Waals surface area contributed by atoms with Gasteiger partial charge in [-0.05, 0) is 74.5 Å². The Hall–Kier alpha value is -4.08. The number of carbonyl (C=O) groups excluding carboxylic acids is 1. The zero-order valence-electron chi connectivity index (χ0n) is 21.4. The first-order chi connectivity index (χ1) is 18.6. The molecule has 9 heteroatoms. The van der Waals surface area contributed by atoms with Crippen LogP contribution in [0.2, 0.25) is 0 Å². The summed E-state index contributed by atoms with van der Waals surface area (Å²) in [5.41, 5.74) is 1.87. The predicted octanol–water partition coefficient (Wildman–Crippen LogP) is 3.69. The summed E-state index contributed by atoms with van der Waals surface area (Å²) < 4.78 is 5.29. The third-order valence-corrected chi connectivity index (χ3v) is 7.13. The van der Waals surface area contributed by atoms with E-state index in [2.05, 4.69) is 20.5 Å². The maximum atomic E-state index is 12.6. The molecule has 0 unspecified atom stereocenters. The topological polar surface area (TPSA) is 111 Å². The Balaban J connectivity index is 1.36. The summed E-state index contributed by atoms with van der Waals surface area (Å²) in [7, 11) is 1.64. The average molecular weight is 513 g/mol. The molecule has 0 radical (unpaired) electrons. The second kappa shape index (κ2) is 11.5. The van der Waals surface area contributed by atoms with Gasteiger partial charge in [0.15, 0.2) is 5.84 Å². The lowest BCUT2D eigenvalue weighted by atomic mass is 9.76. The number of aliphatic hydroxyl groups is 1. The Labute approximate surface area is 222 Å². The minimum atomic E-state index is -0.243. The summed E-state index contributed by atoms with van der Waals surface area (Å²) >= 11 is 0. The Bertz CT molecular complexity index is 1300. The molecular formula is C29H32N6O3. The third kappa shape index (κ3) is 5.74. The summed E-state index contributed by atoms with van der Waals surface area (Å²) in [5, 5.41) is 15.7. The smallest absolute Gasteiger partial charge is 0.257 e. The minimum absolute atomic E-state index is 0.153. The van der Waals surface area contributed by atoms with E-state index in [0.29, 0.717) is 30.3 Å². The van der Waals surface area contributed by atoms with E-state index < -0.39 is 0 Å². The van der Waals surface area contributed by atoms with Crippen LogP contribution in [0.1, 0.15) is 28.8 Å². The van der Waals surface area contributed by atoms with Crippen molar-refractivity contribution < 1.29 is 14.6 Å². The van der Waals surface area contributed by atoms with Gasteiger partial charge in [-0.25, -0.2) is 9.98 Å². The number of aliphatic hydroxyl groups excluding tert-OH is 1. The minimum Gasteiger partial charge on any atom is -0.497 e. The first kappa shape index (κ1) is 25.6. The van der Waals surface area contributed by atoms with Crippen molar-refractivity contribution >= 4 is 29.1 Å². The van der Waals surface area contributed by atoms with E-state index in [9.17, 15) is 9.90 Å². The van der Waals surface area contributed by atoms with Crippen molar-refractivity contribution in [2.75, 3.05) is 50.5 Å². The molecule has 1 spiro atoms. The molecule has 38 heavy (non-hydrogen) atoms. The van der Waals surface area contributed by atoms with Crippen LogP contribution in [0, 0.1) is 5.41 Å². The van der Waals surface area contributed by atoms with Crippen molar-refractivity contribution in [2.24, 2.45) is 15.4 Å². The van der Waals surface area contributed by atoms with Crippen molar-refractivity contribution in [3.05, 3.63) is 84.1 Å². The summed E-state index contributed by atoms with van der Waals surface area (Å²) in [4.78, 5) is 29.3. The van der Waals surface area contributed by atoms with E-state index in [1.807, 2.05) is 54.6 Å². The Kier molecular flexibility index (Phi) is 7.76. The molecule has 1 aromatic heterocycles. The number of hydrogen-bond acceptors (Lipinski definition) is 8. The number of amidine groups is 2. The fourth-order valence-electron chi connectivity index (χ4n) is 4.81. The molecule has 9 nitrogen and oxygen atoms in total. The lowest BCUT2D eigenvalue weighted by Crippen LogP contribution is -2.50. The van der Waals surface area contributed by atoms with Crippen LogP contribution in [0.3, 0.4) is 0 Å². The Morgan fingerprint density at radius 2 is 1.82 bits per heavy atom. The molecule has 196 valence electrons. The number of amides is 1. The van der Waals surface area contributed by atoms with Crippen LogP contribution in [0.25, 0.3) is 0 Å². The lowest BCUT2D eigenvalue weighted by molar-refractivity contribution is 0.102. The SMILES string of the molecule is COc1ccc(C2=NCC3(CCN(CCO)CC3)C(Nc3ccc(C(=O)Nc4ccccc4)cn3)=N2)cc1. The van der Waals surface area contributed by atoms with Gasteiger partial charge in [-0.2, -0.15) is 0 Å². The number of β-amino-alcohol motifs (C(OH)–C–C–N with tert-alkyl or cyclic N) is 1. The number of nitrogens with zero attached hydrogens (tertiary/aromatic N) is 4. The fourth-order valence-corrected chi connectivity index (χ4v) is 4.81. The number of carbonyl (C=O) groups is 1. The van der Waals surface area contributed by atoms with Gasteiger partial charge in [0.1, 0.15) is 17.4 Å². The molecule has 2 aliphatic rings. The summed E-state index contributed by atoms with van der Waals surface area (Å²) in [6, 6.07) is 20.6. The van der Waals surface area contributed by atoms with E-state index in [0.717, 1.165) is 48.8 Å². The molecule has 2 aliphatic heterocycles. The molecule has 1 saturated heterocycles. The van der Waals surface area contributed by atoms with E-state index in [1.165, 1.54) is 0 Å². The summed E-state index contributed by atoms with van der Waals surface area (Å²) in [6.45, 7) is 3.16. The van der Waals surface area contributed by atoms with Crippen LogP contribution >= 0.6 is 0 Å². The van der Waals surface area contributed by atoms with E-state index in [4.69, 9.17) is 14.7 Å². The predicted molar refractivity (Wildman–Crippen MR) is 149 cm³/mol. The third-order valence-electron chi connectivity index (χ3n) is 7.13. The van der Waals surface area contributed by atoms with Crippen molar-refractivity contribution in [1.82, 2.24) is 9.88 Å². The molecule has 0 atom stereocenters. The van der Waals surface area contributed by atoms with Crippen LogP contribution in [0.5, 0.6) is 5.75 Å². The second-order valence-corrected chi connectivity index (χ2v) is 9.55. The molecule has 0 bridgehead atoms. The highest BCUT2D eigenvalue weighted by atomic mass is 16.5. The molecule has 3 heterocycles. The summed E-state index contributed by atoms with van der Waals surface area (Å²) in [6.07, 6.45) is 3.31. The second-order valence-electron chi connectivity index (χ2n) is 9.55. The molecule has 3 N–H and O–H groups in total. The largest absolute Gasteiger partial charge is 0.497 e. The van der Waals surface area contributed by atoms with E-state index in [1.54, 1.807) is 25.4 Å². The first-order valence-electron chi connectivity index (χ1n) is 12.8. The quantitative estimate of drug-likeness (QED) is 0.445. The van der Waals surface area contributed by atoms with Gasteiger partial charge in [0, 0.05) is 24.0 Å². The van der Waals surface area contributed by atoms with Gasteiger partial charge in [0.25, 0.3) is 5.91 Å². The van der Waals surface area contributed by atoms with Gasteiger partial charge in [0.05, 0.1) is 31.2 Å². The standard InChI is InChI=1S/C29H32N6O3/c1-38-24-10-7-21(8-11-24)26-31-20-29(13-15-35(16-14-29)17-18-36)28(34-26)33-25-12-9-22(19-30-25)27(37)32-23-5-3-2-4-6-23/h2-12,19,36H,13-18,20H2,1H3,(H,32,37)(H,30,31,33,34). The van der Waals surface area contributed by atoms with Gasteiger partial charge in [0.2, 0.25) is 0 Å². The maximum absolute atomic E-state index is 12.6. The van der Waals surface area contributed by atoms with E-state index >= 15 is 0 Å². The highest BCUT2D eigenvalue weighted by Crippen LogP contribution is 2.36. The summed E-state index contributed by atoms with van der Waals surface area (Å²) in [5.74, 6) is 2.68. The van der Waals surface area contributed by atoms with Crippen LogP contribution in [0.4, 0.5) is 11.5 Å². The number of nitrogens with one attached hydrogen (secondary N) is 2. The average Bonchev–Trinajstić information content (AvgIpc) is 2.96. The number of aromatic nitrogens is 1. The molecule has 0 saturated carbocycles. The Morgan fingerprint density at radius 3 is 2.47 bits per heavy atom. The van der Waals surface area contributed by atoms with Crippen molar-refractivity contribution in [2.45, 2.75) is 12.8 Å². The monoisotopic (exact) mass is 512 g/mol. The molecule has 1 amide bonds. The van der Waals surface area contributed by atoms with Crippen molar-refractivity contribution in [1.29, 1.82) is 0 Å². The number of methoxy groups -OCH3 is 1. The normalized spacial score (nSPS) is 16.9. The molecular weight excluding hydrogens is 480 g/mol. The number of anilines is 2. The van der Waals surface area contributed by atoms with Crippen molar-refractivity contribution in [3.63, 3.8) is 0 Å². The van der Waals surface area contributed by atoms with Crippen LogP contribution in [-0.2, 0) is 0 Å². The lowest BCUT2D eigenvalue weighted by Gasteiger charge is -2.43. The molecule has 1 fully saturated rings. The molecule has 5 rings (SSSR count). The zero-order chi connectivity index (χ0) is 26.4. The number of piperidine rings is 1. The fraction of sp³-hybridized carbons (Fsp3) is 0.310. The number of para-hydroxylation sites is 1. The highest BCUT2D eigenvalue weighted by molar-refractivity contribution is 6.13. The van der Waals surface area contributed by atoms with Gasteiger partial charge < -0.3 is 25.4 Å². The molecule has 3 aromatic rings. The maximum Gasteiger partial charge on any atom is 0.257 e. The Morgan fingerprint density at radius 1 is 1.05 bits per heavy atom. The van der Waals surface area contributed by atoms with Gasteiger partial charge in [-0.3, -0.25) is 9.79 Å². The van der Waals surface area contributed by atoms with Crippen molar-refractivity contribution in [3.8, 4) is 5.75 Å².